The monoisotopic (exact) mass is 1680 g/mol. The largest absolute Gasteiger partial charge is 1.00 e. The summed E-state index contributed by atoms with van der Waals surface area (Å²) in [5.41, 5.74) is 15.2. The number of hydrogen-bond donors (Lipinski definition) is 1. The second-order valence-electron chi connectivity index (χ2n) is 34.3. The Morgan fingerprint density at radius 1 is 0.622 bits per heavy atom. The second-order valence-corrected chi connectivity index (χ2v) is 38.4. The summed E-state index contributed by atoms with van der Waals surface area (Å²) in [5.74, 6) is -2.14. The van der Waals surface area contributed by atoms with Gasteiger partial charge in [-0.1, -0.05) is 142 Å². The molecule has 0 unspecified atom stereocenters. The van der Waals surface area contributed by atoms with Gasteiger partial charge in [0.15, 0.2) is 18.0 Å². The van der Waals surface area contributed by atoms with Crippen LogP contribution in [0, 0.1) is 29.6 Å². The van der Waals surface area contributed by atoms with Crippen molar-refractivity contribution in [3.63, 3.8) is 0 Å². The molecule has 2 N–H and O–H groups in total. The Hall–Kier alpha value is -9.28. The molecular weight excluding hydrogens is 1570 g/mol. The van der Waals surface area contributed by atoms with Crippen molar-refractivity contribution in [2.45, 2.75) is 224 Å². The summed E-state index contributed by atoms with van der Waals surface area (Å²) in [6.07, 6.45) is 25.5. The Morgan fingerprint density at radius 2 is 1.18 bits per heavy atom. The van der Waals surface area contributed by atoms with Crippen molar-refractivity contribution in [1.82, 2.24) is 4.90 Å². The number of aryl methyl sites for hydroxylation is 1. The molecule has 7 aliphatic rings. The minimum Gasteiger partial charge on any atom is -0.870 e. The minimum absolute atomic E-state index is 0. The van der Waals surface area contributed by atoms with E-state index in [4.69, 9.17) is 8.92 Å². The van der Waals surface area contributed by atoms with Crippen molar-refractivity contribution in [1.29, 1.82) is 10.5 Å². The smallest absolute Gasteiger partial charge is 0.870 e. The van der Waals surface area contributed by atoms with E-state index in [0.29, 0.717) is 80.3 Å². The fourth-order valence-electron chi connectivity index (χ4n) is 17.5. The number of aliphatic carboxylic acids is 2. The van der Waals surface area contributed by atoms with E-state index in [9.17, 15) is 64.9 Å². The molecule has 12 rings (SSSR count). The van der Waals surface area contributed by atoms with Gasteiger partial charge in [-0.05, 0) is 213 Å². The van der Waals surface area contributed by atoms with Gasteiger partial charge in [0, 0.05) is 113 Å². The Morgan fingerprint density at radius 3 is 1.81 bits per heavy atom. The molecule has 0 saturated heterocycles. The van der Waals surface area contributed by atoms with Gasteiger partial charge in [-0.3, -0.25) is 9.69 Å². The number of amides is 1. The maximum absolute atomic E-state index is 14.7. The van der Waals surface area contributed by atoms with Crippen LogP contribution in [-0.2, 0) is 79.5 Å². The van der Waals surface area contributed by atoms with E-state index in [1.165, 1.54) is 12.1 Å². The van der Waals surface area contributed by atoms with Crippen molar-refractivity contribution >= 4 is 83.1 Å². The molecule has 0 spiro atoms. The predicted octanol–water partition coefficient (Wildman–Crippen LogP) is 13.8. The van der Waals surface area contributed by atoms with Crippen LogP contribution in [0.2, 0.25) is 0 Å². The zero-order valence-electron chi connectivity index (χ0n) is 70.7. The number of allylic oxidation sites excluding steroid dienone is 14. The summed E-state index contributed by atoms with van der Waals surface area (Å²) in [5, 5.41) is 40.7. The first-order valence-corrected chi connectivity index (χ1v) is 44.7. The summed E-state index contributed by atoms with van der Waals surface area (Å²) < 4.78 is 101. The topological polar surface area (TPSA) is 332 Å². The molecule has 626 valence electrons. The SMILES string of the molecule is CC(C)(C)OC(=O)N(C1=C(/C=C/C2=[N+](CCCC[S-](=O)=O)c3ccc(C#N)cc3C2(C)C)CCC/C1=C\C=C1\N(CCCCS(=O)(=O)[O-])c2ccc(C#N)cc2C1(C)C)C1CCCCC1.Cc1ccc(S(=O)(=O)OC2=C(/C=C/C3=[N+](CCC(=O)O)c4ccccc4C3(C)C)CC/C2=C\C=C2\N(CCC(=O)[O-])c3ccccc3C2(C)C)cc1.[Na+].[OH-]. The first kappa shape index (κ1) is 93.6. The Balaban J connectivity index is 0.000000273. The molecule has 119 heavy (non-hydrogen) atoms. The number of benzene rings is 5. The first-order valence-electron chi connectivity index (χ1n) is 40.5. The number of nitriles is 2. The van der Waals surface area contributed by atoms with E-state index in [-0.39, 0.29) is 95.9 Å². The van der Waals surface area contributed by atoms with Crippen LogP contribution in [-0.4, -0.2) is 125 Å². The number of rotatable bonds is 27. The van der Waals surface area contributed by atoms with Crippen LogP contribution in [0.5, 0.6) is 0 Å². The van der Waals surface area contributed by atoms with Crippen LogP contribution in [0.3, 0.4) is 0 Å². The standard InChI is InChI=1S/C51H64N5O7S2.C42H44N2O7S.Na.H2O/c1-49(2,3)63-48(57)56(40-18-9-8-10-19-40)47-38(22-26-45-50(4,5)41-32-36(34-52)20-24-43(41)54(45)28-11-13-30-64(58)59)16-15-17-39(47)23-27-46-51(6,7)42-33-37(35-53)21-25-44(42)55(46)29-12-14-31-65(60,61)62;1-28-14-20-31(21-15-28)52(49,50)51-40-29(18-22-36-41(2,3)32-10-6-8-12-34(32)43(36)26-24-38(45)46)16-17-30(40)19-23-37-42(4,5)33-11-7-9-13-35(33)44(37)27-25-39(47)48;;/h20-27,32-33,40H,8-19,28-31H2,1-7H3;6-15,18-23H,16-17,24-27H2,1-5H3,(H-,45,46,47,48);;1H2/q-1;;+1;/p-1. The number of carbonyl (C=O) groups excluding carboxylic acids is 2. The molecule has 4 heterocycles. The molecule has 1 fully saturated rings. The molecule has 5 aromatic carbocycles. The summed E-state index contributed by atoms with van der Waals surface area (Å²) in [4.78, 5) is 44.0. The summed E-state index contributed by atoms with van der Waals surface area (Å²) in [7, 11) is -10.7. The second kappa shape index (κ2) is 38.6. The average Bonchev–Trinajstić information content (AvgIpc) is 1.59. The molecule has 0 atom stereocenters. The van der Waals surface area contributed by atoms with Crippen LogP contribution < -0.4 is 44.5 Å². The van der Waals surface area contributed by atoms with E-state index in [1.807, 2.05) is 139 Å². The molecule has 0 radical (unpaired) electrons. The van der Waals surface area contributed by atoms with Crippen molar-refractivity contribution in [2.75, 3.05) is 47.5 Å². The normalized spacial score (nSPS) is 19.2. The molecule has 22 nitrogen and oxygen atoms in total. The molecule has 26 heteroatoms. The van der Waals surface area contributed by atoms with E-state index in [2.05, 4.69) is 107 Å². The first-order chi connectivity index (χ1) is 55.3. The van der Waals surface area contributed by atoms with E-state index < -0.39 is 75.9 Å². The van der Waals surface area contributed by atoms with Gasteiger partial charge < -0.3 is 52.2 Å². The Labute approximate surface area is 726 Å². The zero-order valence-corrected chi connectivity index (χ0v) is 75.2. The predicted molar refractivity (Wildman–Crippen MR) is 454 cm³/mol. The van der Waals surface area contributed by atoms with Gasteiger partial charge in [-0.15, -0.1) is 0 Å². The number of nitrogens with zero attached hydrogens (tertiary/aromatic N) is 7. The van der Waals surface area contributed by atoms with Gasteiger partial charge in [0.25, 0.3) is 0 Å². The van der Waals surface area contributed by atoms with E-state index in [0.717, 1.165) is 129 Å². The van der Waals surface area contributed by atoms with Gasteiger partial charge in [-0.25, -0.2) is 13.2 Å². The molecule has 1 amide bonds. The van der Waals surface area contributed by atoms with E-state index >= 15 is 0 Å². The average molecular weight is 1680 g/mol. The van der Waals surface area contributed by atoms with Crippen molar-refractivity contribution in [2.24, 2.45) is 0 Å². The number of carboxylic acid groups (broad SMARTS) is 2. The van der Waals surface area contributed by atoms with Crippen LogP contribution in [0.1, 0.15) is 218 Å². The zero-order chi connectivity index (χ0) is 84.7. The van der Waals surface area contributed by atoms with Crippen molar-refractivity contribution in [3.8, 4) is 12.1 Å². The number of unbranched alkanes of at least 4 members (excludes halogenated alkanes) is 2. The number of fused-ring (bicyclic) bond motifs is 4. The fourth-order valence-corrected chi connectivity index (χ4v) is 19.5. The summed E-state index contributed by atoms with van der Waals surface area (Å²) >= 11 is 0. The molecule has 1 saturated carbocycles. The number of carboxylic acids is 2. The van der Waals surface area contributed by atoms with Gasteiger partial charge in [0.1, 0.15) is 29.2 Å². The van der Waals surface area contributed by atoms with E-state index in [1.54, 1.807) is 18.2 Å². The summed E-state index contributed by atoms with van der Waals surface area (Å²) in [6, 6.07) is 38.2. The maximum Gasteiger partial charge on any atom is 1.00 e. The third-order valence-corrected chi connectivity index (χ3v) is 26.1. The minimum atomic E-state index is -4.36. The Kier molecular flexibility index (Phi) is 30.4. The van der Waals surface area contributed by atoms with Crippen LogP contribution in [0.15, 0.2) is 208 Å². The number of hydrogen-bond acceptors (Lipinski definition) is 19. The molecule has 3 aliphatic carbocycles. The summed E-state index contributed by atoms with van der Waals surface area (Å²) in [6.45, 7) is 26.0. The van der Waals surface area contributed by atoms with Crippen molar-refractivity contribution in [3.05, 3.63) is 242 Å². The Bertz CT molecular complexity index is 5490. The van der Waals surface area contributed by atoms with Gasteiger partial charge in [0.05, 0.1) is 49.9 Å². The molecule has 0 bridgehead atoms. The van der Waals surface area contributed by atoms with Gasteiger partial charge in [-0.2, -0.15) is 28.1 Å². The number of anilines is 2. The third-order valence-electron chi connectivity index (χ3n) is 23.5. The number of ether oxygens (including phenoxy) is 1. The van der Waals surface area contributed by atoms with Gasteiger partial charge >= 0.3 is 51.7 Å². The van der Waals surface area contributed by atoms with Crippen molar-refractivity contribution < 1.29 is 108 Å². The third kappa shape index (κ3) is 21.4. The van der Waals surface area contributed by atoms with Crippen LogP contribution >= 0.6 is 0 Å². The molecule has 4 aliphatic heterocycles. The fraction of sp³-hybridized carbons (Fsp3) is 0.430. The van der Waals surface area contributed by atoms with Crippen LogP contribution in [0.25, 0.3) is 0 Å². The number of para-hydroxylation sites is 2. The number of carbonyl (C=O) groups is 3. The quantitative estimate of drug-likeness (QED) is 0.0127. The molecular formula is C93H109N7NaO15S3-. The molecule has 0 aromatic heterocycles. The molecule has 5 aromatic rings. The van der Waals surface area contributed by atoms with Gasteiger partial charge in [0.2, 0.25) is 11.4 Å². The maximum atomic E-state index is 14.7. The van der Waals surface area contributed by atoms with Crippen LogP contribution in [0.4, 0.5) is 27.5 Å².